The highest BCUT2D eigenvalue weighted by molar-refractivity contribution is 5.81. The third kappa shape index (κ3) is 7.20. The third-order valence-corrected chi connectivity index (χ3v) is 5.12. The zero-order chi connectivity index (χ0) is 25.3. The molecule has 0 unspecified atom stereocenters. The van der Waals surface area contributed by atoms with E-state index >= 15 is 0 Å². The van der Waals surface area contributed by atoms with Crippen LogP contribution in [0.1, 0.15) is 36.3 Å². The molecule has 184 valence electrons. The minimum absolute atomic E-state index is 0.0522. The van der Waals surface area contributed by atoms with Crippen LogP contribution in [0.15, 0.2) is 48.5 Å². The Hall–Kier alpha value is -3.60. The molecule has 34 heavy (non-hydrogen) atoms. The van der Waals surface area contributed by atoms with Crippen LogP contribution in [-0.2, 0) is 14.3 Å². The van der Waals surface area contributed by atoms with Gasteiger partial charge in [0.1, 0.15) is 12.6 Å². The van der Waals surface area contributed by atoms with E-state index in [1.54, 1.807) is 0 Å². The highest BCUT2D eigenvalue weighted by Crippen LogP contribution is 2.44. The van der Waals surface area contributed by atoms with Gasteiger partial charge in [0.2, 0.25) is 0 Å². The number of hydrogen-bond donors (Lipinski definition) is 4. The van der Waals surface area contributed by atoms with E-state index in [0.29, 0.717) is 19.4 Å². The first-order valence-corrected chi connectivity index (χ1v) is 10.4. The van der Waals surface area contributed by atoms with Crippen molar-refractivity contribution in [2.24, 2.45) is 5.73 Å². The predicted octanol–water partition coefficient (Wildman–Crippen LogP) is 3.74. The number of nitrogens with two attached hydrogens (primary N) is 1. The number of carbonyl (C=O) groups excluding carboxylic acids is 1. The number of halogens is 3. The molecule has 0 aliphatic heterocycles. The van der Waals surface area contributed by atoms with E-state index in [4.69, 9.17) is 20.4 Å². The molecule has 0 aromatic heterocycles. The Kier molecular flexibility index (Phi) is 9.43. The number of benzene rings is 2. The molecule has 1 aliphatic carbocycles. The van der Waals surface area contributed by atoms with Crippen molar-refractivity contribution in [3.8, 4) is 11.1 Å². The molecule has 0 spiro atoms. The monoisotopic (exact) mass is 482 g/mol. The molecular formula is C23H25F3N2O6. The fraction of sp³-hybridized carbons (Fsp3) is 0.348. The van der Waals surface area contributed by atoms with Crippen LogP contribution >= 0.6 is 0 Å². The van der Waals surface area contributed by atoms with Crippen LogP contribution in [0, 0.1) is 0 Å². The van der Waals surface area contributed by atoms with Crippen LogP contribution in [0.25, 0.3) is 11.1 Å². The number of amides is 1. The van der Waals surface area contributed by atoms with Crippen LogP contribution < -0.4 is 11.1 Å². The first-order valence-electron chi connectivity index (χ1n) is 10.4. The number of carbonyl (C=O) groups is 3. The van der Waals surface area contributed by atoms with Crippen molar-refractivity contribution in [2.75, 3.05) is 13.2 Å². The topological polar surface area (TPSA) is 139 Å². The molecule has 1 atom stereocenters. The van der Waals surface area contributed by atoms with Gasteiger partial charge in [-0.05, 0) is 48.1 Å². The number of carboxylic acids is 2. The number of carboxylic acid groups (broad SMARTS) is 2. The third-order valence-electron chi connectivity index (χ3n) is 5.12. The van der Waals surface area contributed by atoms with Gasteiger partial charge in [0, 0.05) is 5.92 Å². The SMILES string of the molecule is NCCCC[C@H](NC(=O)OCC1c2ccccc2-c2ccccc21)C(=O)O.O=C(O)C(F)(F)F. The lowest BCUT2D eigenvalue weighted by molar-refractivity contribution is -0.192. The van der Waals surface area contributed by atoms with Crippen molar-refractivity contribution < 1.29 is 42.5 Å². The summed E-state index contributed by atoms with van der Waals surface area (Å²) in [6.45, 7) is 0.659. The molecule has 5 N–H and O–H groups in total. The fourth-order valence-electron chi connectivity index (χ4n) is 3.53. The van der Waals surface area contributed by atoms with E-state index in [2.05, 4.69) is 17.4 Å². The smallest absolute Gasteiger partial charge is 0.480 e. The molecule has 0 saturated carbocycles. The van der Waals surface area contributed by atoms with Gasteiger partial charge in [-0.1, -0.05) is 48.5 Å². The molecule has 8 nitrogen and oxygen atoms in total. The Labute approximate surface area is 193 Å². The van der Waals surface area contributed by atoms with E-state index < -0.39 is 30.2 Å². The number of alkyl halides is 3. The van der Waals surface area contributed by atoms with Crippen LogP contribution in [0.5, 0.6) is 0 Å². The zero-order valence-corrected chi connectivity index (χ0v) is 18.0. The minimum Gasteiger partial charge on any atom is -0.480 e. The van der Waals surface area contributed by atoms with Gasteiger partial charge >= 0.3 is 24.2 Å². The van der Waals surface area contributed by atoms with Gasteiger partial charge in [-0.3, -0.25) is 0 Å². The molecule has 2 aromatic carbocycles. The van der Waals surface area contributed by atoms with Crippen LogP contribution in [0.3, 0.4) is 0 Å². The first kappa shape index (κ1) is 26.7. The molecule has 0 fully saturated rings. The number of alkyl carbamates (subject to hydrolysis) is 1. The second kappa shape index (κ2) is 12.0. The van der Waals surface area contributed by atoms with Crippen molar-refractivity contribution in [3.63, 3.8) is 0 Å². The highest BCUT2D eigenvalue weighted by Gasteiger charge is 2.38. The predicted molar refractivity (Wildman–Crippen MR) is 116 cm³/mol. The van der Waals surface area contributed by atoms with Gasteiger partial charge in [-0.15, -0.1) is 0 Å². The number of fused-ring (bicyclic) bond motifs is 3. The van der Waals surface area contributed by atoms with Gasteiger partial charge in [-0.25, -0.2) is 14.4 Å². The molecule has 0 heterocycles. The summed E-state index contributed by atoms with van der Waals surface area (Å²) in [5, 5.41) is 18.8. The lowest BCUT2D eigenvalue weighted by Crippen LogP contribution is -2.41. The Morgan fingerprint density at radius 2 is 1.47 bits per heavy atom. The second-order valence-electron chi connectivity index (χ2n) is 7.45. The van der Waals surface area contributed by atoms with Crippen molar-refractivity contribution in [1.82, 2.24) is 5.32 Å². The second-order valence-corrected chi connectivity index (χ2v) is 7.45. The zero-order valence-electron chi connectivity index (χ0n) is 18.0. The maximum atomic E-state index is 12.1. The summed E-state index contributed by atoms with van der Waals surface area (Å²) in [5.41, 5.74) is 9.95. The van der Waals surface area contributed by atoms with E-state index in [0.717, 1.165) is 28.7 Å². The summed E-state index contributed by atoms with van der Waals surface area (Å²) in [4.78, 5) is 32.4. The average Bonchev–Trinajstić information content (AvgIpc) is 3.10. The van der Waals surface area contributed by atoms with E-state index in [9.17, 15) is 27.9 Å². The van der Waals surface area contributed by atoms with Gasteiger partial charge in [-0.2, -0.15) is 13.2 Å². The summed E-state index contributed by atoms with van der Waals surface area (Å²) in [5.74, 6) is -3.88. The molecule has 0 bridgehead atoms. The summed E-state index contributed by atoms with van der Waals surface area (Å²) < 4.78 is 37.1. The van der Waals surface area contributed by atoms with Crippen molar-refractivity contribution >= 4 is 18.0 Å². The van der Waals surface area contributed by atoms with Crippen molar-refractivity contribution in [2.45, 2.75) is 37.4 Å². The summed E-state index contributed by atoms with van der Waals surface area (Å²) in [6, 6.07) is 15.1. The van der Waals surface area contributed by atoms with Gasteiger partial charge in [0.25, 0.3) is 0 Å². The maximum Gasteiger partial charge on any atom is 0.490 e. The molecule has 0 radical (unpaired) electrons. The number of unbranched alkanes of at least 4 members (excludes halogenated alkanes) is 1. The van der Waals surface area contributed by atoms with Gasteiger partial charge in [0.05, 0.1) is 0 Å². The molecular weight excluding hydrogens is 457 g/mol. The largest absolute Gasteiger partial charge is 0.490 e. The molecule has 0 saturated heterocycles. The molecule has 3 rings (SSSR count). The normalized spacial score (nSPS) is 13.1. The molecule has 1 aliphatic rings. The highest BCUT2D eigenvalue weighted by atomic mass is 19.4. The van der Waals surface area contributed by atoms with E-state index in [-0.39, 0.29) is 12.5 Å². The minimum atomic E-state index is -5.08. The molecule has 2 aromatic rings. The number of ether oxygens (including phenoxy) is 1. The maximum absolute atomic E-state index is 12.1. The van der Waals surface area contributed by atoms with Gasteiger partial charge in [0.15, 0.2) is 0 Å². The first-order chi connectivity index (χ1) is 16.1. The Morgan fingerprint density at radius 3 is 1.91 bits per heavy atom. The average molecular weight is 482 g/mol. The quantitative estimate of drug-likeness (QED) is 0.420. The lowest BCUT2D eigenvalue weighted by Gasteiger charge is -2.17. The lowest BCUT2D eigenvalue weighted by atomic mass is 9.98. The van der Waals surface area contributed by atoms with Crippen LogP contribution in [-0.4, -0.2) is 53.6 Å². The fourth-order valence-corrected chi connectivity index (χ4v) is 3.53. The molecule has 1 amide bonds. The summed E-state index contributed by atoms with van der Waals surface area (Å²) in [6.07, 6.45) is -4.11. The van der Waals surface area contributed by atoms with Crippen LogP contribution in [0.4, 0.5) is 18.0 Å². The molecule has 11 heteroatoms. The Morgan fingerprint density at radius 1 is 0.971 bits per heavy atom. The Bertz CT molecular complexity index is 967. The van der Waals surface area contributed by atoms with Crippen molar-refractivity contribution in [3.05, 3.63) is 59.7 Å². The number of rotatable bonds is 8. The van der Waals surface area contributed by atoms with Crippen LogP contribution in [0.2, 0.25) is 0 Å². The van der Waals surface area contributed by atoms with Gasteiger partial charge < -0.3 is 26.0 Å². The van der Waals surface area contributed by atoms with E-state index in [1.807, 2.05) is 36.4 Å². The number of nitrogens with one attached hydrogen (secondary N) is 1. The van der Waals surface area contributed by atoms with Crippen molar-refractivity contribution in [1.29, 1.82) is 0 Å². The van der Waals surface area contributed by atoms with E-state index in [1.165, 1.54) is 0 Å². The summed E-state index contributed by atoms with van der Waals surface area (Å²) in [7, 11) is 0. The Balaban J connectivity index is 0.000000509. The number of hydrogen-bond acceptors (Lipinski definition) is 5. The number of aliphatic carboxylic acids is 2. The summed E-state index contributed by atoms with van der Waals surface area (Å²) >= 11 is 0. The standard InChI is InChI=1S/C21H24N2O4.C2HF3O2/c22-12-6-5-11-19(20(24)25)23-21(26)27-13-18-16-9-3-1-7-14(16)15-8-2-4-10-17(15)18;3-2(4,5)1(6)7/h1-4,7-10,18-19H,5-6,11-13,22H2,(H,23,26)(H,24,25);(H,6,7)/t19-;/m0./s1.